The fourth-order valence-electron chi connectivity index (χ4n) is 1.93. The molecule has 0 fully saturated rings. The molecule has 0 atom stereocenters. The highest BCUT2D eigenvalue weighted by atomic mass is 16.4. The van der Waals surface area contributed by atoms with Gasteiger partial charge in [0.2, 0.25) is 0 Å². The van der Waals surface area contributed by atoms with Crippen LogP contribution < -0.4 is 10.8 Å². The van der Waals surface area contributed by atoms with Crippen LogP contribution in [0.3, 0.4) is 0 Å². The number of nitrogens with one attached hydrogen (secondary N) is 1. The van der Waals surface area contributed by atoms with Gasteiger partial charge in [-0.1, -0.05) is 60.4 Å². The Bertz CT molecular complexity index is 487. The van der Waals surface area contributed by atoms with Crippen molar-refractivity contribution < 1.29 is 4.65 Å². The van der Waals surface area contributed by atoms with Crippen molar-refractivity contribution in [3.8, 4) is 0 Å². The fraction of sp³-hybridized carbons (Fsp3) is 0.250. The second kappa shape index (κ2) is 7.65. The van der Waals surface area contributed by atoms with Crippen LogP contribution in [0.1, 0.15) is 12.5 Å². The monoisotopic (exact) mass is 252 g/mol. The van der Waals surface area contributed by atoms with E-state index in [0.717, 1.165) is 18.7 Å². The Labute approximate surface area is 116 Å². The van der Waals surface area contributed by atoms with Gasteiger partial charge in [-0.05, 0) is 18.6 Å². The molecule has 2 aromatic rings. The normalized spacial score (nSPS) is 10.2. The lowest BCUT2D eigenvalue weighted by Crippen LogP contribution is -2.23. The van der Waals surface area contributed by atoms with Gasteiger partial charge in [-0.25, -0.2) is 0 Å². The lowest BCUT2D eigenvalue weighted by molar-refractivity contribution is 0.358. The maximum absolute atomic E-state index is 5.60. The minimum Gasteiger partial charge on any atom is -0.432 e. The summed E-state index contributed by atoms with van der Waals surface area (Å²) in [5.41, 5.74) is 3.61. The molecule has 2 aromatic carbocycles. The van der Waals surface area contributed by atoms with E-state index in [-0.39, 0.29) is 0 Å². The minimum atomic E-state index is 0.660. The first kappa shape index (κ1) is 13.7. The second-order valence-electron chi connectivity index (χ2n) is 4.33. The van der Waals surface area contributed by atoms with Crippen LogP contribution >= 0.6 is 0 Å². The van der Waals surface area contributed by atoms with Crippen LogP contribution in [-0.2, 0) is 11.1 Å². The van der Waals surface area contributed by atoms with Gasteiger partial charge >= 0.3 is 7.48 Å². The van der Waals surface area contributed by atoms with Crippen molar-refractivity contribution in [3.63, 3.8) is 0 Å². The van der Waals surface area contributed by atoms with Crippen LogP contribution in [0.4, 0.5) is 5.69 Å². The van der Waals surface area contributed by atoms with Crippen LogP contribution in [0.2, 0.25) is 0 Å². The summed E-state index contributed by atoms with van der Waals surface area (Å²) in [7, 11) is 1.85. The fourth-order valence-corrected chi connectivity index (χ4v) is 1.93. The SMILES string of the molecule is CCc1ccccc1[B]OCCNc1ccccc1. The van der Waals surface area contributed by atoms with Crippen molar-refractivity contribution in [2.75, 3.05) is 18.5 Å². The Balaban J connectivity index is 1.69. The van der Waals surface area contributed by atoms with Gasteiger partial charge in [0, 0.05) is 18.8 Å². The average Bonchev–Trinajstić information content (AvgIpc) is 2.48. The topological polar surface area (TPSA) is 21.3 Å². The number of aryl methyl sites for hydroxylation is 1. The first-order chi connectivity index (χ1) is 9.40. The molecule has 1 radical (unpaired) electrons. The van der Waals surface area contributed by atoms with Gasteiger partial charge in [-0.3, -0.25) is 0 Å². The summed E-state index contributed by atoms with van der Waals surface area (Å²) in [4.78, 5) is 0. The largest absolute Gasteiger partial charge is 0.432 e. The molecule has 0 aromatic heterocycles. The summed E-state index contributed by atoms with van der Waals surface area (Å²) in [6, 6.07) is 18.5. The van der Waals surface area contributed by atoms with Crippen molar-refractivity contribution in [3.05, 3.63) is 60.2 Å². The Morgan fingerprint density at radius 3 is 2.53 bits per heavy atom. The molecule has 0 unspecified atom stereocenters. The number of anilines is 1. The second-order valence-corrected chi connectivity index (χ2v) is 4.33. The molecule has 0 aliphatic rings. The summed E-state index contributed by atoms with van der Waals surface area (Å²) >= 11 is 0. The third-order valence-corrected chi connectivity index (χ3v) is 2.97. The first-order valence-corrected chi connectivity index (χ1v) is 6.72. The molecule has 0 heterocycles. The van der Waals surface area contributed by atoms with Crippen LogP contribution in [0.5, 0.6) is 0 Å². The van der Waals surface area contributed by atoms with Crippen molar-refractivity contribution in [1.82, 2.24) is 0 Å². The molecule has 0 amide bonds. The number of para-hydroxylation sites is 1. The Morgan fingerprint density at radius 2 is 1.74 bits per heavy atom. The van der Waals surface area contributed by atoms with Crippen molar-refractivity contribution in [2.45, 2.75) is 13.3 Å². The predicted molar refractivity (Wildman–Crippen MR) is 82.1 cm³/mol. The smallest absolute Gasteiger partial charge is 0.330 e. The minimum absolute atomic E-state index is 0.660. The highest BCUT2D eigenvalue weighted by Gasteiger charge is 2.02. The van der Waals surface area contributed by atoms with E-state index < -0.39 is 0 Å². The van der Waals surface area contributed by atoms with Crippen molar-refractivity contribution in [1.29, 1.82) is 0 Å². The first-order valence-electron chi connectivity index (χ1n) is 6.72. The standard InChI is InChI=1S/C16H19BNO/c1-2-14-8-6-7-11-16(14)17-19-13-12-18-15-9-4-3-5-10-15/h3-11,18H,2,12-13H2,1H3. The maximum Gasteiger partial charge on any atom is 0.330 e. The summed E-state index contributed by atoms with van der Waals surface area (Å²) < 4.78 is 5.60. The highest BCUT2D eigenvalue weighted by molar-refractivity contribution is 6.47. The van der Waals surface area contributed by atoms with Crippen molar-refractivity contribution in [2.24, 2.45) is 0 Å². The van der Waals surface area contributed by atoms with Gasteiger partial charge < -0.3 is 9.97 Å². The zero-order valence-electron chi connectivity index (χ0n) is 11.3. The lowest BCUT2D eigenvalue weighted by Gasteiger charge is -2.08. The van der Waals surface area contributed by atoms with E-state index in [0.29, 0.717) is 6.61 Å². The molecule has 0 saturated carbocycles. The molecule has 19 heavy (non-hydrogen) atoms. The van der Waals surface area contributed by atoms with E-state index in [1.54, 1.807) is 0 Å². The molecule has 0 bridgehead atoms. The van der Waals surface area contributed by atoms with E-state index in [1.165, 1.54) is 11.0 Å². The van der Waals surface area contributed by atoms with E-state index in [1.807, 2.05) is 31.7 Å². The van der Waals surface area contributed by atoms with Gasteiger partial charge in [-0.15, -0.1) is 0 Å². The van der Waals surface area contributed by atoms with Crippen LogP contribution in [0.25, 0.3) is 0 Å². The third-order valence-electron chi connectivity index (χ3n) is 2.97. The summed E-state index contributed by atoms with van der Waals surface area (Å²) in [6.45, 7) is 3.62. The molecule has 97 valence electrons. The molecule has 1 N–H and O–H groups in total. The molecular weight excluding hydrogens is 233 g/mol. The molecule has 0 aliphatic heterocycles. The van der Waals surface area contributed by atoms with Gasteiger partial charge in [0.1, 0.15) is 0 Å². The van der Waals surface area contributed by atoms with Crippen LogP contribution in [-0.4, -0.2) is 20.6 Å². The van der Waals surface area contributed by atoms with E-state index >= 15 is 0 Å². The van der Waals surface area contributed by atoms with E-state index in [4.69, 9.17) is 4.65 Å². The molecule has 2 rings (SSSR count). The van der Waals surface area contributed by atoms with Crippen molar-refractivity contribution >= 4 is 18.6 Å². The summed E-state index contributed by atoms with van der Waals surface area (Å²) in [5.74, 6) is 0. The van der Waals surface area contributed by atoms with E-state index in [2.05, 4.69) is 42.6 Å². The maximum atomic E-state index is 5.60. The molecule has 3 heteroatoms. The van der Waals surface area contributed by atoms with Crippen LogP contribution in [0, 0.1) is 0 Å². The Morgan fingerprint density at radius 1 is 1.00 bits per heavy atom. The predicted octanol–water partition coefficient (Wildman–Crippen LogP) is 2.62. The number of benzene rings is 2. The average molecular weight is 252 g/mol. The summed E-state index contributed by atoms with van der Waals surface area (Å²) in [5, 5.41) is 3.31. The third kappa shape index (κ3) is 4.45. The number of rotatable bonds is 7. The van der Waals surface area contributed by atoms with Gasteiger partial charge in [0.15, 0.2) is 0 Å². The van der Waals surface area contributed by atoms with Gasteiger partial charge in [-0.2, -0.15) is 0 Å². The number of hydrogen-bond donors (Lipinski definition) is 1. The molecule has 2 nitrogen and oxygen atoms in total. The molecule has 0 saturated heterocycles. The molecule has 0 spiro atoms. The zero-order valence-corrected chi connectivity index (χ0v) is 11.3. The number of hydrogen-bond acceptors (Lipinski definition) is 2. The lowest BCUT2D eigenvalue weighted by atomic mass is 9.83. The Kier molecular flexibility index (Phi) is 5.51. The highest BCUT2D eigenvalue weighted by Crippen LogP contribution is 2.03. The van der Waals surface area contributed by atoms with Crippen LogP contribution in [0.15, 0.2) is 54.6 Å². The van der Waals surface area contributed by atoms with Gasteiger partial charge in [0.05, 0.1) is 0 Å². The quantitative estimate of drug-likeness (QED) is 0.604. The Hall–Kier alpha value is -1.74. The summed E-state index contributed by atoms with van der Waals surface area (Å²) in [6.07, 6.45) is 1.03. The van der Waals surface area contributed by atoms with Gasteiger partial charge in [0.25, 0.3) is 0 Å². The zero-order chi connectivity index (χ0) is 13.3. The molecular formula is C16H19BNO. The molecule has 0 aliphatic carbocycles. The van der Waals surface area contributed by atoms with E-state index in [9.17, 15) is 0 Å².